The molecule has 1 aromatic carbocycles. The first-order valence-electron chi connectivity index (χ1n) is 4.74. The Balaban J connectivity index is 2.87. The fraction of sp³-hybridized carbons (Fsp3) is 0.333. The predicted octanol–water partition coefficient (Wildman–Crippen LogP) is 3.89. The summed E-state index contributed by atoms with van der Waals surface area (Å²) in [5.41, 5.74) is 1.25. The summed E-state index contributed by atoms with van der Waals surface area (Å²) < 4.78 is 2.18. The molecule has 0 aromatic heterocycles. The number of hydrogen-bond acceptors (Lipinski definition) is 1. The van der Waals surface area contributed by atoms with Gasteiger partial charge in [-0.05, 0) is 31.2 Å². The molecule has 0 saturated carbocycles. The molecule has 0 aliphatic carbocycles. The zero-order valence-electron chi connectivity index (χ0n) is 8.56. The van der Waals surface area contributed by atoms with Crippen molar-refractivity contribution in [1.29, 1.82) is 0 Å². The van der Waals surface area contributed by atoms with Crippen LogP contribution in [0.2, 0.25) is 0 Å². The van der Waals surface area contributed by atoms with E-state index < -0.39 is 0 Å². The molecular weight excluding hydrogens is 318 g/mol. The van der Waals surface area contributed by atoms with Crippen molar-refractivity contribution < 1.29 is 0 Å². The molecule has 80 valence electrons. The first-order chi connectivity index (χ1) is 7.19. The van der Waals surface area contributed by atoms with Crippen LogP contribution in [0.15, 0.2) is 27.1 Å². The fourth-order valence-electron chi connectivity index (χ4n) is 1.47. The van der Waals surface area contributed by atoms with Crippen LogP contribution in [0.5, 0.6) is 0 Å². The Bertz CT molecular complexity index is 368. The second kappa shape index (κ2) is 6.32. The van der Waals surface area contributed by atoms with Crippen molar-refractivity contribution in [2.75, 3.05) is 7.05 Å². The van der Waals surface area contributed by atoms with Gasteiger partial charge in [0.2, 0.25) is 0 Å². The Labute approximate surface area is 108 Å². The van der Waals surface area contributed by atoms with Gasteiger partial charge in [-0.25, -0.2) is 0 Å². The molecule has 0 aliphatic heterocycles. The molecular formula is C12H13Br2N. The van der Waals surface area contributed by atoms with Gasteiger partial charge in [0.1, 0.15) is 0 Å². The zero-order chi connectivity index (χ0) is 11.3. The highest BCUT2D eigenvalue weighted by atomic mass is 79.9. The Morgan fingerprint density at radius 3 is 2.73 bits per heavy atom. The third-order valence-electron chi connectivity index (χ3n) is 2.26. The Morgan fingerprint density at radius 1 is 1.47 bits per heavy atom. The predicted molar refractivity (Wildman–Crippen MR) is 71.7 cm³/mol. The maximum atomic E-state index is 5.27. The molecule has 0 heterocycles. The summed E-state index contributed by atoms with van der Waals surface area (Å²) in [6, 6.07) is 6.50. The van der Waals surface area contributed by atoms with Gasteiger partial charge in [-0.2, -0.15) is 0 Å². The summed E-state index contributed by atoms with van der Waals surface area (Å²) in [4.78, 5) is 0. The van der Waals surface area contributed by atoms with E-state index in [2.05, 4.69) is 55.2 Å². The fourth-order valence-corrected chi connectivity index (χ4v) is 2.79. The SMILES string of the molecule is C#CCCC(NC)c1ccc(Br)cc1Br. The smallest absolute Gasteiger partial charge is 0.0337 e. The minimum atomic E-state index is 0.309. The average molecular weight is 331 g/mol. The van der Waals surface area contributed by atoms with Gasteiger partial charge in [-0.1, -0.05) is 37.9 Å². The molecule has 0 bridgehead atoms. The lowest BCUT2D eigenvalue weighted by atomic mass is 10.0. The third-order valence-corrected chi connectivity index (χ3v) is 3.44. The standard InChI is InChI=1S/C12H13Br2N/c1-3-4-5-12(15-2)10-7-6-9(13)8-11(10)14/h1,6-8,12,15H,4-5H2,2H3. The van der Waals surface area contributed by atoms with Gasteiger partial charge in [0.15, 0.2) is 0 Å². The Hall–Kier alpha value is -0.300. The lowest BCUT2D eigenvalue weighted by molar-refractivity contribution is 0.556. The van der Waals surface area contributed by atoms with E-state index in [-0.39, 0.29) is 0 Å². The van der Waals surface area contributed by atoms with E-state index >= 15 is 0 Å². The van der Waals surface area contributed by atoms with Crippen LogP contribution in [0, 0.1) is 12.3 Å². The van der Waals surface area contributed by atoms with E-state index in [0.717, 1.165) is 21.8 Å². The van der Waals surface area contributed by atoms with Gasteiger partial charge in [-0.15, -0.1) is 12.3 Å². The normalized spacial score (nSPS) is 12.1. The lowest BCUT2D eigenvalue weighted by Gasteiger charge is -2.17. The maximum absolute atomic E-state index is 5.27. The summed E-state index contributed by atoms with van der Waals surface area (Å²) >= 11 is 7.00. The summed E-state index contributed by atoms with van der Waals surface area (Å²) in [6.07, 6.45) is 7.01. The topological polar surface area (TPSA) is 12.0 Å². The molecule has 0 amide bonds. The van der Waals surface area contributed by atoms with E-state index in [0.29, 0.717) is 6.04 Å². The van der Waals surface area contributed by atoms with Crippen molar-refractivity contribution >= 4 is 31.9 Å². The molecule has 0 aliphatic rings. The highest BCUT2D eigenvalue weighted by Crippen LogP contribution is 2.28. The second-order valence-electron chi connectivity index (χ2n) is 3.25. The van der Waals surface area contributed by atoms with Crippen LogP contribution >= 0.6 is 31.9 Å². The van der Waals surface area contributed by atoms with Crippen LogP contribution in [-0.2, 0) is 0 Å². The minimum Gasteiger partial charge on any atom is -0.313 e. The lowest BCUT2D eigenvalue weighted by Crippen LogP contribution is -2.16. The molecule has 1 N–H and O–H groups in total. The second-order valence-corrected chi connectivity index (χ2v) is 5.02. The van der Waals surface area contributed by atoms with Gasteiger partial charge in [-0.3, -0.25) is 0 Å². The Kier molecular flexibility index (Phi) is 5.38. The molecule has 1 aromatic rings. The molecule has 15 heavy (non-hydrogen) atoms. The molecule has 1 unspecified atom stereocenters. The summed E-state index contributed by atoms with van der Waals surface area (Å²) in [5.74, 6) is 2.67. The molecule has 0 saturated heterocycles. The first kappa shape index (κ1) is 12.8. The largest absolute Gasteiger partial charge is 0.313 e. The van der Waals surface area contributed by atoms with Crippen LogP contribution in [0.25, 0.3) is 0 Å². The number of halogens is 2. The molecule has 1 nitrogen and oxygen atoms in total. The van der Waals surface area contributed by atoms with Crippen molar-refractivity contribution in [2.24, 2.45) is 0 Å². The maximum Gasteiger partial charge on any atom is 0.0337 e. The molecule has 3 heteroatoms. The number of benzene rings is 1. The number of terminal acetylenes is 1. The van der Waals surface area contributed by atoms with E-state index in [9.17, 15) is 0 Å². The van der Waals surface area contributed by atoms with Gasteiger partial charge in [0.05, 0.1) is 0 Å². The molecule has 0 radical (unpaired) electrons. The summed E-state index contributed by atoms with van der Waals surface area (Å²) in [6.45, 7) is 0. The summed E-state index contributed by atoms with van der Waals surface area (Å²) in [5, 5.41) is 3.27. The van der Waals surface area contributed by atoms with Crippen LogP contribution < -0.4 is 5.32 Å². The first-order valence-corrected chi connectivity index (χ1v) is 6.33. The highest BCUT2D eigenvalue weighted by Gasteiger charge is 2.11. The highest BCUT2D eigenvalue weighted by molar-refractivity contribution is 9.11. The van der Waals surface area contributed by atoms with E-state index in [1.54, 1.807) is 0 Å². The van der Waals surface area contributed by atoms with Crippen molar-refractivity contribution in [1.82, 2.24) is 5.32 Å². The average Bonchev–Trinajstić information content (AvgIpc) is 2.21. The molecule has 1 rings (SSSR count). The van der Waals surface area contributed by atoms with Gasteiger partial charge >= 0.3 is 0 Å². The van der Waals surface area contributed by atoms with Crippen LogP contribution in [0.1, 0.15) is 24.4 Å². The molecule has 0 fully saturated rings. The van der Waals surface area contributed by atoms with Crippen LogP contribution in [-0.4, -0.2) is 7.05 Å². The Morgan fingerprint density at radius 2 is 2.20 bits per heavy atom. The minimum absolute atomic E-state index is 0.309. The van der Waals surface area contributed by atoms with E-state index in [4.69, 9.17) is 6.42 Å². The number of hydrogen-bond donors (Lipinski definition) is 1. The third kappa shape index (κ3) is 3.64. The van der Waals surface area contributed by atoms with Gasteiger partial charge in [0, 0.05) is 21.4 Å². The molecule has 0 spiro atoms. The number of rotatable bonds is 4. The van der Waals surface area contributed by atoms with Gasteiger partial charge in [0.25, 0.3) is 0 Å². The number of nitrogens with one attached hydrogen (secondary N) is 1. The van der Waals surface area contributed by atoms with Crippen molar-refractivity contribution in [3.8, 4) is 12.3 Å². The van der Waals surface area contributed by atoms with Crippen molar-refractivity contribution in [3.05, 3.63) is 32.7 Å². The van der Waals surface area contributed by atoms with Crippen LogP contribution in [0.3, 0.4) is 0 Å². The monoisotopic (exact) mass is 329 g/mol. The van der Waals surface area contributed by atoms with Crippen molar-refractivity contribution in [3.63, 3.8) is 0 Å². The summed E-state index contributed by atoms with van der Waals surface area (Å²) in [7, 11) is 1.95. The van der Waals surface area contributed by atoms with Gasteiger partial charge < -0.3 is 5.32 Å². The van der Waals surface area contributed by atoms with E-state index in [1.807, 2.05) is 13.1 Å². The van der Waals surface area contributed by atoms with E-state index in [1.165, 1.54) is 5.56 Å². The zero-order valence-corrected chi connectivity index (χ0v) is 11.7. The quantitative estimate of drug-likeness (QED) is 0.826. The molecule has 1 atom stereocenters. The van der Waals surface area contributed by atoms with Crippen LogP contribution in [0.4, 0.5) is 0 Å². The van der Waals surface area contributed by atoms with Crippen molar-refractivity contribution in [2.45, 2.75) is 18.9 Å².